The smallest absolute Gasteiger partial charge is 0.261 e. The van der Waals surface area contributed by atoms with Gasteiger partial charge in [0.05, 0.1) is 41.4 Å². The lowest BCUT2D eigenvalue weighted by Gasteiger charge is -2.35. The SMILES string of the molecule is O=c1c2ccc(N3CCN(Cc4nc5ccccc5[nH]4)CC3)cc2ncn1CC(F)F. The first-order valence-corrected chi connectivity index (χ1v) is 10.2. The van der Waals surface area contributed by atoms with Crippen molar-refractivity contribution in [1.82, 2.24) is 24.4 Å². The van der Waals surface area contributed by atoms with E-state index in [9.17, 15) is 13.6 Å². The van der Waals surface area contributed by atoms with Crippen LogP contribution in [0.5, 0.6) is 0 Å². The molecule has 3 heterocycles. The van der Waals surface area contributed by atoms with Crippen LogP contribution in [0.15, 0.2) is 53.6 Å². The van der Waals surface area contributed by atoms with Gasteiger partial charge in [0.25, 0.3) is 12.0 Å². The van der Waals surface area contributed by atoms with E-state index in [0.717, 1.165) is 59.8 Å². The molecule has 4 aromatic rings. The Morgan fingerprint density at radius 2 is 1.84 bits per heavy atom. The molecule has 2 aromatic heterocycles. The van der Waals surface area contributed by atoms with Crippen molar-refractivity contribution in [2.75, 3.05) is 31.1 Å². The van der Waals surface area contributed by atoms with E-state index in [-0.39, 0.29) is 0 Å². The molecule has 1 N–H and O–H groups in total. The van der Waals surface area contributed by atoms with Crippen LogP contribution in [0.2, 0.25) is 0 Å². The second-order valence-corrected chi connectivity index (χ2v) is 7.76. The first kappa shape index (κ1) is 19.6. The van der Waals surface area contributed by atoms with E-state index < -0.39 is 18.5 Å². The molecule has 31 heavy (non-hydrogen) atoms. The highest BCUT2D eigenvalue weighted by Crippen LogP contribution is 2.21. The third-order valence-corrected chi connectivity index (χ3v) is 5.69. The summed E-state index contributed by atoms with van der Waals surface area (Å²) in [5, 5.41) is 0.357. The number of fused-ring (bicyclic) bond motifs is 2. The first-order chi connectivity index (χ1) is 15.1. The Balaban J connectivity index is 1.27. The van der Waals surface area contributed by atoms with Gasteiger partial charge >= 0.3 is 0 Å². The lowest BCUT2D eigenvalue weighted by Crippen LogP contribution is -2.46. The minimum Gasteiger partial charge on any atom is -0.369 e. The third kappa shape index (κ3) is 4.00. The number of H-pyrrole nitrogens is 1. The molecule has 0 saturated carbocycles. The van der Waals surface area contributed by atoms with Gasteiger partial charge in [0.15, 0.2) is 0 Å². The molecule has 9 heteroatoms. The van der Waals surface area contributed by atoms with Crippen LogP contribution in [0.25, 0.3) is 21.9 Å². The van der Waals surface area contributed by atoms with Crippen LogP contribution in [0.4, 0.5) is 14.5 Å². The van der Waals surface area contributed by atoms with Crippen LogP contribution in [0.3, 0.4) is 0 Å². The second kappa shape index (κ2) is 8.07. The van der Waals surface area contributed by atoms with Crippen molar-refractivity contribution in [1.29, 1.82) is 0 Å². The number of aromatic amines is 1. The second-order valence-electron chi connectivity index (χ2n) is 7.76. The molecule has 2 aromatic carbocycles. The van der Waals surface area contributed by atoms with E-state index in [1.807, 2.05) is 36.4 Å². The van der Waals surface area contributed by atoms with Crippen LogP contribution >= 0.6 is 0 Å². The molecule has 5 rings (SSSR count). The van der Waals surface area contributed by atoms with Gasteiger partial charge in [0.1, 0.15) is 5.82 Å². The van der Waals surface area contributed by atoms with Crippen molar-refractivity contribution in [2.24, 2.45) is 0 Å². The molecule has 7 nitrogen and oxygen atoms in total. The van der Waals surface area contributed by atoms with Gasteiger partial charge in [-0.05, 0) is 30.3 Å². The van der Waals surface area contributed by atoms with Gasteiger partial charge in [0.2, 0.25) is 0 Å². The number of hydrogen-bond donors (Lipinski definition) is 1. The van der Waals surface area contributed by atoms with Crippen molar-refractivity contribution in [3.8, 4) is 0 Å². The summed E-state index contributed by atoms with van der Waals surface area (Å²) in [4.78, 5) is 29.3. The average molecular weight is 424 g/mol. The molecule has 1 fully saturated rings. The van der Waals surface area contributed by atoms with Crippen LogP contribution < -0.4 is 10.5 Å². The normalized spacial score (nSPS) is 15.4. The van der Waals surface area contributed by atoms with Crippen molar-refractivity contribution >= 4 is 27.6 Å². The standard InChI is InChI=1S/C22H22F2N6O/c23-20(24)12-30-14-25-19-11-15(5-6-16(19)22(30)31)29-9-7-28(8-10-29)13-21-26-17-3-1-2-4-18(17)27-21/h1-6,11,14,20H,7-10,12-13H2,(H,26,27). The number of alkyl halides is 2. The van der Waals surface area contributed by atoms with Crippen molar-refractivity contribution in [3.05, 3.63) is 65.0 Å². The summed E-state index contributed by atoms with van der Waals surface area (Å²) in [6.07, 6.45) is -1.39. The number of para-hydroxylation sites is 2. The number of nitrogens with zero attached hydrogens (tertiary/aromatic N) is 5. The molecule has 0 unspecified atom stereocenters. The third-order valence-electron chi connectivity index (χ3n) is 5.69. The van der Waals surface area contributed by atoms with E-state index in [2.05, 4.69) is 24.8 Å². The summed E-state index contributed by atoms with van der Waals surface area (Å²) in [5.74, 6) is 0.963. The van der Waals surface area contributed by atoms with E-state index in [1.165, 1.54) is 6.33 Å². The number of halogens is 2. The van der Waals surface area contributed by atoms with Crippen LogP contribution in [-0.4, -0.2) is 57.0 Å². The molecule has 1 aliphatic rings. The topological polar surface area (TPSA) is 70.1 Å². The van der Waals surface area contributed by atoms with E-state index in [1.54, 1.807) is 6.07 Å². The molecule has 0 radical (unpaired) electrons. The molecule has 0 bridgehead atoms. The Kier molecular flexibility index (Phi) is 5.11. The molecule has 0 spiro atoms. The van der Waals surface area contributed by atoms with Gasteiger partial charge < -0.3 is 9.88 Å². The zero-order valence-corrected chi connectivity index (χ0v) is 16.8. The highest BCUT2D eigenvalue weighted by Gasteiger charge is 2.19. The summed E-state index contributed by atoms with van der Waals surface area (Å²) in [6.45, 7) is 3.58. The van der Waals surface area contributed by atoms with E-state index in [0.29, 0.717) is 10.9 Å². The maximum absolute atomic E-state index is 12.6. The lowest BCUT2D eigenvalue weighted by atomic mass is 10.2. The van der Waals surface area contributed by atoms with Gasteiger partial charge in [-0.1, -0.05) is 12.1 Å². The van der Waals surface area contributed by atoms with Crippen LogP contribution in [0.1, 0.15) is 5.82 Å². The fourth-order valence-corrected chi connectivity index (χ4v) is 4.08. The number of nitrogens with one attached hydrogen (secondary N) is 1. The minimum atomic E-state index is -2.59. The van der Waals surface area contributed by atoms with Crippen LogP contribution in [0, 0.1) is 0 Å². The molecule has 1 aliphatic heterocycles. The van der Waals surface area contributed by atoms with Crippen molar-refractivity contribution in [2.45, 2.75) is 19.5 Å². The summed E-state index contributed by atoms with van der Waals surface area (Å²) in [6, 6.07) is 13.4. The molecule has 1 saturated heterocycles. The highest BCUT2D eigenvalue weighted by atomic mass is 19.3. The summed E-state index contributed by atoms with van der Waals surface area (Å²) < 4.78 is 26.2. The maximum atomic E-state index is 12.6. The number of aromatic nitrogens is 4. The fourth-order valence-electron chi connectivity index (χ4n) is 4.08. The molecular formula is C22H22F2N6O. The Labute approximate surface area is 176 Å². The number of rotatable bonds is 5. The van der Waals surface area contributed by atoms with Gasteiger partial charge in [-0.2, -0.15) is 0 Å². The number of hydrogen-bond acceptors (Lipinski definition) is 5. The zero-order valence-electron chi connectivity index (χ0n) is 16.8. The Morgan fingerprint density at radius 3 is 2.61 bits per heavy atom. The summed E-state index contributed by atoms with van der Waals surface area (Å²) in [7, 11) is 0. The van der Waals surface area contributed by atoms with Crippen LogP contribution in [-0.2, 0) is 13.1 Å². The van der Waals surface area contributed by atoms with Crippen molar-refractivity contribution < 1.29 is 8.78 Å². The molecule has 0 atom stereocenters. The Bertz CT molecular complexity index is 1240. The number of piperazine rings is 1. The fraction of sp³-hybridized carbons (Fsp3) is 0.318. The van der Waals surface area contributed by atoms with Gasteiger partial charge in [-0.15, -0.1) is 0 Å². The number of anilines is 1. The summed E-state index contributed by atoms with van der Waals surface area (Å²) in [5.41, 5.74) is 3.10. The Morgan fingerprint density at radius 1 is 1.03 bits per heavy atom. The zero-order chi connectivity index (χ0) is 21.4. The summed E-state index contributed by atoms with van der Waals surface area (Å²) >= 11 is 0. The first-order valence-electron chi connectivity index (χ1n) is 10.2. The predicted octanol–water partition coefficient (Wildman–Crippen LogP) is 2.86. The lowest BCUT2D eigenvalue weighted by molar-refractivity contribution is 0.125. The minimum absolute atomic E-state index is 0.357. The Hall–Kier alpha value is -3.33. The average Bonchev–Trinajstić information content (AvgIpc) is 3.18. The number of imidazole rings is 1. The largest absolute Gasteiger partial charge is 0.369 e. The highest BCUT2D eigenvalue weighted by molar-refractivity contribution is 5.81. The maximum Gasteiger partial charge on any atom is 0.261 e. The van der Waals surface area contributed by atoms with E-state index in [4.69, 9.17) is 0 Å². The van der Waals surface area contributed by atoms with Gasteiger partial charge in [0, 0.05) is 31.9 Å². The van der Waals surface area contributed by atoms with E-state index >= 15 is 0 Å². The molecule has 0 aliphatic carbocycles. The molecule has 160 valence electrons. The van der Waals surface area contributed by atoms with Gasteiger partial charge in [-0.3, -0.25) is 14.3 Å². The van der Waals surface area contributed by atoms with Gasteiger partial charge in [-0.25, -0.2) is 18.7 Å². The predicted molar refractivity (Wildman–Crippen MR) is 116 cm³/mol. The molecule has 0 amide bonds. The monoisotopic (exact) mass is 424 g/mol. The molecular weight excluding hydrogens is 402 g/mol. The quantitative estimate of drug-likeness (QED) is 0.534. The van der Waals surface area contributed by atoms with Crippen molar-refractivity contribution in [3.63, 3.8) is 0 Å². The number of benzene rings is 2.